The molecule has 1 unspecified atom stereocenters. The minimum atomic E-state index is 0.258. The molecule has 0 aromatic heterocycles. The van der Waals surface area contributed by atoms with Crippen molar-refractivity contribution < 1.29 is 4.74 Å². The summed E-state index contributed by atoms with van der Waals surface area (Å²) in [5.74, 6) is 0.897. The van der Waals surface area contributed by atoms with E-state index in [-0.39, 0.29) is 4.16 Å². The second-order valence-corrected chi connectivity index (χ2v) is 8.11. The Balaban J connectivity index is 2.30. The number of benzene rings is 1. The zero-order chi connectivity index (χ0) is 14.8. The largest absolute Gasteiger partial charge is 0.494 e. The number of halogens is 1. The summed E-state index contributed by atoms with van der Waals surface area (Å²) >= 11 is 4.95. The first kappa shape index (κ1) is 17.6. The quantitative estimate of drug-likeness (QED) is 0.261. The number of thioether (sulfide) groups is 1. The first-order chi connectivity index (χ1) is 9.63. The van der Waals surface area contributed by atoms with Crippen molar-refractivity contribution in [3.63, 3.8) is 0 Å². The Morgan fingerprint density at radius 1 is 1.20 bits per heavy atom. The summed E-state index contributed by atoms with van der Waals surface area (Å²) in [4.78, 5) is 0. The van der Waals surface area contributed by atoms with Gasteiger partial charge in [0.15, 0.2) is 0 Å². The molecule has 4 heteroatoms. The van der Waals surface area contributed by atoms with Crippen LogP contribution >= 0.6 is 27.7 Å². The summed E-state index contributed by atoms with van der Waals surface area (Å²) < 4.78 is 5.97. The Morgan fingerprint density at radius 2 is 1.85 bits per heavy atom. The molecule has 0 aliphatic carbocycles. The van der Waals surface area contributed by atoms with Crippen molar-refractivity contribution in [3.05, 3.63) is 29.8 Å². The molecular weight excluding hydrogens is 334 g/mol. The highest BCUT2D eigenvalue weighted by Gasteiger charge is 2.06. The van der Waals surface area contributed by atoms with Gasteiger partial charge >= 0.3 is 0 Å². The lowest BCUT2D eigenvalue weighted by atomic mass is 10.2. The molecule has 0 aliphatic rings. The van der Waals surface area contributed by atoms with E-state index in [9.17, 15) is 0 Å². The van der Waals surface area contributed by atoms with E-state index >= 15 is 0 Å². The van der Waals surface area contributed by atoms with Crippen molar-refractivity contribution in [2.24, 2.45) is 0 Å². The first-order valence-electron chi connectivity index (χ1n) is 7.26. The molecule has 0 bridgehead atoms. The maximum Gasteiger partial charge on any atom is 0.119 e. The van der Waals surface area contributed by atoms with Crippen LogP contribution in [0.3, 0.4) is 0 Å². The van der Waals surface area contributed by atoms with E-state index in [1.807, 2.05) is 31.2 Å². The van der Waals surface area contributed by atoms with E-state index in [2.05, 4.69) is 22.9 Å². The van der Waals surface area contributed by atoms with Gasteiger partial charge in [-0.15, -0.1) is 0 Å². The molecular formula is C16H24BrNOS. The van der Waals surface area contributed by atoms with Gasteiger partial charge in [0.1, 0.15) is 5.75 Å². The number of unbranched alkanes of at least 4 members (excludes halogenated alkanes) is 4. The van der Waals surface area contributed by atoms with Crippen LogP contribution in [0.4, 0.5) is 0 Å². The third-order valence-corrected chi connectivity index (χ3v) is 4.27. The normalized spacial score (nSPS) is 12.2. The molecule has 1 N–H and O–H groups in total. The second-order valence-electron chi connectivity index (χ2n) is 4.78. The Bertz CT molecular complexity index is 392. The molecule has 20 heavy (non-hydrogen) atoms. The summed E-state index contributed by atoms with van der Waals surface area (Å²) in [6, 6.07) is 7.82. The number of rotatable bonds is 9. The van der Waals surface area contributed by atoms with E-state index in [0.717, 1.165) is 24.3 Å². The van der Waals surface area contributed by atoms with Gasteiger partial charge < -0.3 is 4.74 Å². The molecule has 2 nitrogen and oxygen atoms in total. The molecule has 0 saturated carbocycles. The van der Waals surface area contributed by atoms with Crippen LogP contribution in [0, 0.1) is 5.41 Å². The van der Waals surface area contributed by atoms with Crippen molar-refractivity contribution in [2.75, 3.05) is 6.61 Å². The molecule has 1 atom stereocenters. The zero-order valence-electron chi connectivity index (χ0n) is 12.3. The molecule has 1 rings (SSSR count). The predicted molar refractivity (Wildman–Crippen MR) is 93.5 cm³/mol. The van der Waals surface area contributed by atoms with Crippen molar-refractivity contribution in [2.45, 2.75) is 50.1 Å². The van der Waals surface area contributed by atoms with E-state index in [0.29, 0.717) is 5.04 Å². The van der Waals surface area contributed by atoms with Crippen molar-refractivity contribution in [1.82, 2.24) is 0 Å². The Hall–Kier alpha value is -0.480. The van der Waals surface area contributed by atoms with E-state index in [1.54, 1.807) is 0 Å². The fourth-order valence-electron chi connectivity index (χ4n) is 1.83. The topological polar surface area (TPSA) is 33.1 Å². The van der Waals surface area contributed by atoms with Gasteiger partial charge in [0.25, 0.3) is 0 Å². The molecule has 0 heterocycles. The Labute approximate surface area is 135 Å². The fraction of sp³-hybridized carbons (Fsp3) is 0.562. The van der Waals surface area contributed by atoms with Gasteiger partial charge in [-0.3, -0.25) is 5.41 Å². The van der Waals surface area contributed by atoms with Gasteiger partial charge in [-0.05, 0) is 37.6 Å². The van der Waals surface area contributed by atoms with Crippen LogP contribution in [0.5, 0.6) is 5.75 Å². The van der Waals surface area contributed by atoms with Crippen LogP contribution in [0.1, 0.15) is 51.5 Å². The van der Waals surface area contributed by atoms with Gasteiger partial charge in [0.05, 0.1) is 15.8 Å². The maximum atomic E-state index is 7.96. The predicted octanol–water partition coefficient (Wildman–Crippen LogP) is 5.84. The SMILES string of the molecule is CCCCCCCOc1ccc(C(=N)SC(C)Br)cc1. The molecule has 0 aliphatic heterocycles. The minimum absolute atomic E-state index is 0.258. The van der Waals surface area contributed by atoms with Gasteiger partial charge in [-0.2, -0.15) is 0 Å². The summed E-state index contributed by atoms with van der Waals surface area (Å²) in [5, 5.41) is 8.54. The molecule has 0 spiro atoms. The monoisotopic (exact) mass is 357 g/mol. The summed E-state index contributed by atoms with van der Waals surface area (Å²) in [7, 11) is 0. The summed E-state index contributed by atoms with van der Waals surface area (Å²) in [6.45, 7) is 5.03. The molecule has 112 valence electrons. The number of hydrogen-bond donors (Lipinski definition) is 1. The molecule has 1 aromatic rings. The number of hydrogen-bond acceptors (Lipinski definition) is 3. The summed E-state index contributed by atoms with van der Waals surface area (Å²) in [6.07, 6.45) is 6.27. The average Bonchev–Trinajstić information content (AvgIpc) is 2.42. The maximum absolute atomic E-state index is 7.96. The van der Waals surface area contributed by atoms with Gasteiger partial charge in [0, 0.05) is 5.56 Å². The van der Waals surface area contributed by atoms with Crippen LogP contribution < -0.4 is 4.74 Å². The number of alkyl halides is 1. The summed E-state index contributed by atoms with van der Waals surface area (Å²) in [5.41, 5.74) is 0.941. The van der Waals surface area contributed by atoms with Crippen molar-refractivity contribution >= 4 is 32.7 Å². The Kier molecular flexibility index (Phi) is 9.03. The van der Waals surface area contributed by atoms with Crippen LogP contribution in [0.25, 0.3) is 0 Å². The molecule has 0 fully saturated rings. The van der Waals surface area contributed by atoms with Crippen LogP contribution in [-0.4, -0.2) is 15.8 Å². The van der Waals surface area contributed by atoms with Crippen molar-refractivity contribution in [1.29, 1.82) is 5.41 Å². The highest BCUT2D eigenvalue weighted by Crippen LogP contribution is 2.23. The number of nitrogens with one attached hydrogen (secondary N) is 1. The van der Waals surface area contributed by atoms with E-state index < -0.39 is 0 Å². The third-order valence-electron chi connectivity index (χ3n) is 2.91. The van der Waals surface area contributed by atoms with Crippen molar-refractivity contribution in [3.8, 4) is 5.75 Å². The van der Waals surface area contributed by atoms with Crippen LogP contribution in [-0.2, 0) is 0 Å². The fourth-order valence-corrected chi connectivity index (χ4v) is 2.99. The Morgan fingerprint density at radius 3 is 2.45 bits per heavy atom. The highest BCUT2D eigenvalue weighted by molar-refractivity contribution is 9.11. The molecule has 1 aromatic carbocycles. The lowest BCUT2D eigenvalue weighted by Crippen LogP contribution is -1.99. The third kappa shape index (κ3) is 7.34. The smallest absolute Gasteiger partial charge is 0.119 e. The van der Waals surface area contributed by atoms with Crippen LogP contribution in [0.15, 0.2) is 24.3 Å². The highest BCUT2D eigenvalue weighted by atomic mass is 79.9. The lowest BCUT2D eigenvalue weighted by molar-refractivity contribution is 0.304. The average molecular weight is 358 g/mol. The molecule has 0 amide bonds. The van der Waals surface area contributed by atoms with E-state index in [4.69, 9.17) is 10.1 Å². The molecule has 0 saturated heterocycles. The lowest BCUT2D eigenvalue weighted by Gasteiger charge is -2.08. The second kappa shape index (κ2) is 10.3. The molecule has 0 radical (unpaired) electrons. The van der Waals surface area contributed by atoms with Gasteiger partial charge in [-0.1, -0.05) is 60.3 Å². The van der Waals surface area contributed by atoms with Gasteiger partial charge in [0.2, 0.25) is 0 Å². The first-order valence-corrected chi connectivity index (χ1v) is 9.05. The van der Waals surface area contributed by atoms with Gasteiger partial charge in [-0.25, -0.2) is 0 Å². The number of ether oxygens (including phenoxy) is 1. The van der Waals surface area contributed by atoms with Crippen LogP contribution in [0.2, 0.25) is 0 Å². The minimum Gasteiger partial charge on any atom is -0.494 e. The zero-order valence-corrected chi connectivity index (χ0v) is 14.7. The standard InChI is InChI=1S/C16H24BrNOS/c1-3-4-5-6-7-12-19-15-10-8-14(9-11-15)16(18)20-13(2)17/h8-11,13,18H,3-7,12H2,1-2H3. The van der Waals surface area contributed by atoms with E-state index in [1.165, 1.54) is 37.4 Å².